The minimum atomic E-state index is -0.393. The molecule has 7 heteroatoms. The van der Waals surface area contributed by atoms with Gasteiger partial charge in [0.25, 0.3) is 0 Å². The first kappa shape index (κ1) is 14.0. The molecule has 0 aliphatic carbocycles. The van der Waals surface area contributed by atoms with E-state index in [0.29, 0.717) is 12.4 Å². The Bertz CT molecular complexity index is 613. The Hall–Kier alpha value is -1.40. The van der Waals surface area contributed by atoms with Gasteiger partial charge < -0.3 is 10.6 Å². The smallest absolute Gasteiger partial charge is 0.236 e. The number of hydrogen-bond acceptors (Lipinski definition) is 5. The summed E-state index contributed by atoms with van der Waals surface area (Å²) in [6.07, 6.45) is 0.931. The number of amides is 1. The third-order valence-corrected chi connectivity index (χ3v) is 4.12. The normalized spacial score (nSPS) is 10.9. The number of primary amides is 1. The molecule has 1 amide bonds. The van der Waals surface area contributed by atoms with Crippen LogP contribution in [0.4, 0.5) is 5.82 Å². The maximum Gasteiger partial charge on any atom is 0.236 e. The van der Waals surface area contributed by atoms with Crippen LogP contribution in [-0.2, 0) is 11.2 Å². The van der Waals surface area contributed by atoms with Crippen molar-refractivity contribution < 1.29 is 4.79 Å². The van der Waals surface area contributed by atoms with Gasteiger partial charge in [-0.05, 0) is 31.0 Å². The maximum atomic E-state index is 11.1. The fourth-order valence-electron chi connectivity index (χ4n) is 1.87. The molecular formula is C12H15ClN4OS. The molecule has 19 heavy (non-hydrogen) atoms. The largest absolute Gasteiger partial charge is 0.368 e. The van der Waals surface area contributed by atoms with Gasteiger partial charge in [-0.25, -0.2) is 4.98 Å². The van der Waals surface area contributed by atoms with Crippen molar-refractivity contribution in [3.8, 4) is 0 Å². The molecule has 0 bridgehead atoms. The summed E-state index contributed by atoms with van der Waals surface area (Å²) in [5, 5.41) is 1.12. The van der Waals surface area contributed by atoms with Gasteiger partial charge in [0.15, 0.2) is 0 Å². The van der Waals surface area contributed by atoms with Crippen LogP contribution in [0, 0.1) is 0 Å². The van der Waals surface area contributed by atoms with Gasteiger partial charge in [0, 0.05) is 11.4 Å². The Morgan fingerprint density at radius 1 is 1.47 bits per heavy atom. The average molecular weight is 299 g/mol. The van der Waals surface area contributed by atoms with E-state index >= 15 is 0 Å². The minimum Gasteiger partial charge on any atom is -0.368 e. The predicted octanol–water partition coefficient (Wildman–Crippen LogP) is 2.22. The molecule has 2 N–H and O–H groups in total. The molecule has 5 nitrogen and oxygen atoms in total. The van der Waals surface area contributed by atoms with Crippen molar-refractivity contribution >= 4 is 44.9 Å². The Morgan fingerprint density at radius 3 is 2.79 bits per heavy atom. The fourth-order valence-corrected chi connectivity index (χ4v) is 3.05. The summed E-state index contributed by atoms with van der Waals surface area (Å²) in [4.78, 5) is 23.5. The van der Waals surface area contributed by atoms with Crippen LogP contribution >= 0.6 is 22.9 Å². The molecule has 2 aromatic heterocycles. The summed E-state index contributed by atoms with van der Waals surface area (Å²) < 4.78 is 0. The van der Waals surface area contributed by atoms with Crippen LogP contribution in [0.5, 0.6) is 0 Å². The number of carbonyl (C=O) groups is 1. The van der Waals surface area contributed by atoms with E-state index in [0.717, 1.165) is 16.6 Å². The van der Waals surface area contributed by atoms with E-state index in [4.69, 9.17) is 17.3 Å². The van der Waals surface area contributed by atoms with Crippen molar-refractivity contribution in [1.82, 2.24) is 9.97 Å². The van der Waals surface area contributed by atoms with Crippen LogP contribution in [0.3, 0.4) is 0 Å². The zero-order valence-corrected chi connectivity index (χ0v) is 12.4. The summed E-state index contributed by atoms with van der Waals surface area (Å²) in [7, 11) is 0. The molecule has 102 valence electrons. The number of halogens is 1. The number of anilines is 1. The van der Waals surface area contributed by atoms with Gasteiger partial charge in [-0.2, -0.15) is 4.98 Å². The predicted molar refractivity (Wildman–Crippen MR) is 78.9 cm³/mol. The van der Waals surface area contributed by atoms with E-state index in [1.165, 1.54) is 4.88 Å². The number of fused-ring (bicyclic) bond motifs is 1. The van der Waals surface area contributed by atoms with Crippen molar-refractivity contribution in [1.29, 1.82) is 0 Å². The monoisotopic (exact) mass is 298 g/mol. The van der Waals surface area contributed by atoms with E-state index in [1.807, 2.05) is 11.8 Å². The van der Waals surface area contributed by atoms with Crippen molar-refractivity contribution in [2.45, 2.75) is 20.3 Å². The quantitative estimate of drug-likeness (QED) is 0.859. The molecule has 0 radical (unpaired) electrons. The van der Waals surface area contributed by atoms with Crippen LogP contribution in [0.1, 0.15) is 18.7 Å². The number of carbonyl (C=O) groups excluding carboxylic acids is 1. The molecule has 0 saturated carbocycles. The van der Waals surface area contributed by atoms with Gasteiger partial charge in [0.05, 0.1) is 11.9 Å². The highest BCUT2D eigenvalue weighted by molar-refractivity contribution is 7.18. The second-order valence-electron chi connectivity index (χ2n) is 4.08. The van der Waals surface area contributed by atoms with Gasteiger partial charge in [-0.1, -0.05) is 6.92 Å². The topological polar surface area (TPSA) is 72.1 Å². The van der Waals surface area contributed by atoms with Gasteiger partial charge in [-0.3, -0.25) is 4.79 Å². The standard InChI is InChI=1S/C12H15ClN4OS/c1-3-7-5-8-10(17(4-2)6-9(14)18)15-12(13)16-11(8)19-7/h5H,3-4,6H2,1-2H3,(H2,14,18). The first-order valence-electron chi connectivity index (χ1n) is 6.04. The molecule has 2 rings (SSSR count). The van der Waals surface area contributed by atoms with E-state index in [1.54, 1.807) is 11.3 Å². The van der Waals surface area contributed by atoms with Crippen LogP contribution in [0.25, 0.3) is 10.2 Å². The lowest BCUT2D eigenvalue weighted by molar-refractivity contribution is -0.116. The molecular weight excluding hydrogens is 284 g/mol. The zero-order valence-electron chi connectivity index (χ0n) is 10.8. The first-order valence-corrected chi connectivity index (χ1v) is 7.23. The van der Waals surface area contributed by atoms with Gasteiger partial charge >= 0.3 is 0 Å². The van der Waals surface area contributed by atoms with E-state index < -0.39 is 5.91 Å². The number of nitrogens with zero attached hydrogens (tertiary/aromatic N) is 3. The van der Waals surface area contributed by atoms with Gasteiger partial charge in [0.2, 0.25) is 11.2 Å². The van der Waals surface area contributed by atoms with Crippen molar-refractivity contribution in [2.24, 2.45) is 5.73 Å². The lowest BCUT2D eigenvalue weighted by atomic mass is 10.3. The third kappa shape index (κ3) is 2.96. The summed E-state index contributed by atoms with van der Waals surface area (Å²) in [6.45, 7) is 4.78. The molecule has 0 aliphatic heterocycles. The number of hydrogen-bond donors (Lipinski definition) is 1. The molecule has 2 aromatic rings. The van der Waals surface area contributed by atoms with Crippen LogP contribution < -0.4 is 10.6 Å². The Labute approximate surface area is 120 Å². The zero-order chi connectivity index (χ0) is 14.0. The second-order valence-corrected chi connectivity index (χ2v) is 5.54. The number of nitrogens with two attached hydrogens (primary N) is 1. The number of aromatic nitrogens is 2. The molecule has 0 unspecified atom stereocenters. The highest BCUT2D eigenvalue weighted by Crippen LogP contribution is 2.32. The third-order valence-electron chi connectivity index (χ3n) is 2.77. The molecule has 0 spiro atoms. The fraction of sp³-hybridized carbons (Fsp3) is 0.417. The molecule has 0 aromatic carbocycles. The number of thiophene rings is 1. The van der Waals surface area contributed by atoms with Crippen molar-refractivity contribution in [3.63, 3.8) is 0 Å². The van der Waals surface area contributed by atoms with Crippen LogP contribution in [0.15, 0.2) is 6.07 Å². The SMILES string of the molecule is CCc1cc2c(N(CC)CC(N)=O)nc(Cl)nc2s1. The molecule has 2 heterocycles. The minimum absolute atomic E-state index is 0.121. The molecule has 0 aliphatic rings. The second kappa shape index (κ2) is 5.71. The van der Waals surface area contributed by atoms with Gasteiger partial charge in [0.1, 0.15) is 10.6 Å². The van der Waals surface area contributed by atoms with Crippen molar-refractivity contribution in [2.75, 3.05) is 18.0 Å². The Kier molecular flexibility index (Phi) is 4.21. The van der Waals surface area contributed by atoms with E-state index in [-0.39, 0.29) is 11.8 Å². The van der Waals surface area contributed by atoms with E-state index in [9.17, 15) is 4.79 Å². The first-order chi connectivity index (χ1) is 9.05. The molecule has 0 atom stereocenters. The Morgan fingerprint density at radius 2 is 2.21 bits per heavy atom. The molecule has 0 saturated heterocycles. The lowest BCUT2D eigenvalue weighted by Crippen LogP contribution is -2.34. The number of rotatable bonds is 5. The summed E-state index contributed by atoms with van der Waals surface area (Å²) in [6, 6.07) is 2.05. The van der Waals surface area contributed by atoms with E-state index in [2.05, 4.69) is 23.0 Å². The van der Waals surface area contributed by atoms with Crippen LogP contribution in [0.2, 0.25) is 5.28 Å². The number of likely N-dealkylation sites (N-methyl/N-ethyl adjacent to an activating group) is 1. The van der Waals surface area contributed by atoms with Crippen LogP contribution in [-0.4, -0.2) is 29.0 Å². The summed E-state index contributed by atoms with van der Waals surface area (Å²) in [5.74, 6) is 0.280. The Balaban J connectivity index is 2.56. The summed E-state index contributed by atoms with van der Waals surface area (Å²) >= 11 is 7.55. The number of aryl methyl sites for hydroxylation is 1. The lowest BCUT2D eigenvalue weighted by Gasteiger charge is -2.20. The maximum absolute atomic E-state index is 11.1. The van der Waals surface area contributed by atoms with Gasteiger partial charge in [-0.15, -0.1) is 11.3 Å². The average Bonchev–Trinajstić information content (AvgIpc) is 2.77. The van der Waals surface area contributed by atoms with Crippen molar-refractivity contribution in [3.05, 3.63) is 16.2 Å². The molecule has 0 fully saturated rings. The summed E-state index contributed by atoms with van der Waals surface area (Å²) in [5.41, 5.74) is 5.27. The highest BCUT2D eigenvalue weighted by atomic mass is 35.5. The highest BCUT2D eigenvalue weighted by Gasteiger charge is 2.16.